The van der Waals surface area contributed by atoms with Crippen LogP contribution in [-0.4, -0.2) is 37.9 Å². The van der Waals surface area contributed by atoms with Crippen LogP contribution < -0.4 is 14.2 Å². The highest BCUT2D eigenvalue weighted by Gasteiger charge is 2.22. The van der Waals surface area contributed by atoms with Gasteiger partial charge >= 0.3 is 0 Å². The van der Waals surface area contributed by atoms with Crippen molar-refractivity contribution in [3.05, 3.63) is 83.6 Å². The number of phenolic OH excluding ortho intramolecular Hbond substituents is 1. The summed E-state index contributed by atoms with van der Waals surface area (Å²) in [5.41, 5.74) is 4.27. The molecule has 0 aromatic heterocycles. The molecule has 1 aliphatic heterocycles. The van der Waals surface area contributed by atoms with E-state index in [-0.39, 0.29) is 11.5 Å². The topological polar surface area (TPSA) is 77.4 Å². The third-order valence-electron chi connectivity index (χ3n) is 5.35. The highest BCUT2D eigenvalue weighted by Crippen LogP contribution is 2.39. The van der Waals surface area contributed by atoms with Gasteiger partial charge in [-0.15, -0.1) is 0 Å². The van der Waals surface area contributed by atoms with E-state index in [9.17, 15) is 9.90 Å². The van der Waals surface area contributed by atoms with Crippen molar-refractivity contribution < 1.29 is 24.1 Å². The molecule has 0 bridgehead atoms. The number of benzene rings is 3. The van der Waals surface area contributed by atoms with Gasteiger partial charge in [-0.25, -0.2) is 0 Å². The molecule has 3 aromatic carbocycles. The van der Waals surface area contributed by atoms with Crippen LogP contribution in [-0.2, 0) is 0 Å². The number of nitrogens with zero attached hydrogens (tertiary/aromatic N) is 1. The van der Waals surface area contributed by atoms with E-state index in [1.807, 2.05) is 24.3 Å². The number of ketones is 1. The summed E-state index contributed by atoms with van der Waals surface area (Å²) in [7, 11) is 4.54. The fraction of sp³-hybridized carbons (Fsp3) is 0.154. The van der Waals surface area contributed by atoms with Crippen LogP contribution in [0.25, 0.3) is 11.1 Å². The fourth-order valence-electron chi connectivity index (χ4n) is 3.72. The van der Waals surface area contributed by atoms with Crippen LogP contribution in [0.4, 0.5) is 0 Å². The Morgan fingerprint density at radius 1 is 0.875 bits per heavy atom. The first-order valence-electron chi connectivity index (χ1n) is 10.1. The monoisotopic (exact) mass is 429 g/mol. The molecule has 0 aliphatic carbocycles. The van der Waals surface area contributed by atoms with Gasteiger partial charge in [0.1, 0.15) is 5.75 Å². The Labute approximate surface area is 186 Å². The molecule has 0 saturated carbocycles. The SMILES string of the molecule is COc1cc(C(=O)c2cc(C3=NC=CC3)ccc2-c2ccc(O)cc2)cc(OC)c1OC. The summed E-state index contributed by atoms with van der Waals surface area (Å²) in [6.45, 7) is 0. The fourth-order valence-corrected chi connectivity index (χ4v) is 3.72. The minimum absolute atomic E-state index is 0.161. The van der Waals surface area contributed by atoms with Crippen LogP contribution >= 0.6 is 0 Å². The molecule has 1 N–H and O–H groups in total. The van der Waals surface area contributed by atoms with Crippen LogP contribution in [0.1, 0.15) is 27.9 Å². The lowest BCUT2D eigenvalue weighted by Crippen LogP contribution is -2.08. The van der Waals surface area contributed by atoms with Gasteiger partial charge in [-0.2, -0.15) is 0 Å². The molecule has 0 spiro atoms. The first-order chi connectivity index (χ1) is 15.5. The normalized spacial score (nSPS) is 12.4. The molecule has 6 nitrogen and oxygen atoms in total. The average Bonchev–Trinajstić information content (AvgIpc) is 3.38. The van der Waals surface area contributed by atoms with E-state index in [0.29, 0.717) is 28.4 Å². The van der Waals surface area contributed by atoms with E-state index in [4.69, 9.17) is 14.2 Å². The Hall–Kier alpha value is -4.06. The van der Waals surface area contributed by atoms with Crippen LogP contribution in [0.5, 0.6) is 23.0 Å². The van der Waals surface area contributed by atoms with Gasteiger partial charge < -0.3 is 19.3 Å². The summed E-state index contributed by atoms with van der Waals surface area (Å²) >= 11 is 0. The predicted molar refractivity (Wildman–Crippen MR) is 123 cm³/mol. The Morgan fingerprint density at radius 2 is 1.53 bits per heavy atom. The molecule has 162 valence electrons. The molecule has 0 saturated heterocycles. The lowest BCUT2D eigenvalue weighted by molar-refractivity contribution is 0.103. The van der Waals surface area contributed by atoms with Gasteiger partial charge in [-0.1, -0.05) is 30.3 Å². The summed E-state index contributed by atoms with van der Waals surface area (Å²) in [6, 6.07) is 15.8. The molecule has 4 rings (SSSR count). The summed E-state index contributed by atoms with van der Waals surface area (Å²) in [6.07, 6.45) is 4.46. The predicted octanol–water partition coefficient (Wildman–Crippen LogP) is 5.02. The minimum Gasteiger partial charge on any atom is -0.508 e. The third kappa shape index (κ3) is 3.95. The summed E-state index contributed by atoms with van der Waals surface area (Å²) in [4.78, 5) is 18.2. The molecule has 1 aliphatic rings. The van der Waals surface area contributed by atoms with Crippen LogP contribution in [0.3, 0.4) is 0 Å². The van der Waals surface area contributed by atoms with E-state index in [2.05, 4.69) is 4.99 Å². The van der Waals surface area contributed by atoms with Crippen molar-refractivity contribution in [1.29, 1.82) is 0 Å². The Kier molecular flexibility index (Phi) is 5.94. The van der Waals surface area contributed by atoms with Gasteiger partial charge in [0.05, 0.1) is 27.0 Å². The van der Waals surface area contributed by atoms with Gasteiger partial charge in [-0.05, 0) is 47.0 Å². The number of ether oxygens (including phenoxy) is 3. The zero-order valence-electron chi connectivity index (χ0n) is 18.1. The lowest BCUT2D eigenvalue weighted by atomic mass is 9.90. The zero-order valence-corrected chi connectivity index (χ0v) is 18.1. The minimum atomic E-state index is -0.194. The van der Waals surface area contributed by atoms with E-state index in [0.717, 1.165) is 28.8 Å². The standard InChI is InChI=1S/C26H23NO5/c1-30-23-14-18(15-24(31-2)26(23)32-3)25(29)21-13-17(22-5-4-12-27-22)8-11-20(21)16-6-9-19(28)10-7-16/h4,6-15,28H,5H2,1-3H3. The van der Waals surface area contributed by atoms with Gasteiger partial charge in [0.2, 0.25) is 5.75 Å². The highest BCUT2D eigenvalue weighted by molar-refractivity contribution is 6.15. The Balaban J connectivity index is 1.87. The summed E-state index contributed by atoms with van der Waals surface area (Å²) in [5, 5.41) is 9.68. The summed E-state index contributed by atoms with van der Waals surface area (Å²) < 4.78 is 16.2. The second-order valence-corrected chi connectivity index (χ2v) is 7.22. The van der Waals surface area contributed by atoms with Crippen LogP contribution in [0.15, 0.2) is 71.9 Å². The smallest absolute Gasteiger partial charge is 0.203 e. The van der Waals surface area contributed by atoms with E-state index < -0.39 is 0 Å². The van der Waals surface area contributed by atoms with Crippen molar-refractivity contribution >= 4 is 11.5 Å². The molecule has 32 heavy (non-hydrogen) atoms. The number of hydrogen-bond donors (Lipinski definition) is 1. The molecular formula is C26H23NO5. The summed E-state index contributed by atoms with van der Waals surface area (Å²) in [5.74, 6) is 1.20. The molecule has 0 unspecified atom stereocenters. The number of hydrogen-bond acceptors (Lipinski definition) is 6. The zero-order chi connectivity index (χ0) is 22.7. The second-order valence-electron chi connectivity index (χ2n) is 7.22. The average molecular weight is 429 g/mol. The number of carbonyl (C=O) groups excluding carboxylic acids is 1. The molecule has 6 heteroatoms. The van der Waals surface area contributed by atoms with Crippen LogP contribution in [0, 0.1) is 0 Å². The first kappa shape index (κ1) is 21.2. The number of allylic oxidation sites excluding steroid dienone is 1. The lowest BCUT2D eigenvalue weighted by Gasteiger charge is -2.16. The first-order valence-corrected chi connectivity index (χ1v) is 10.1. The maximum Gasteiger partial charge on any atom is 0.203 e. The molecule has 0 fully saturated rings. The Bertz CT molecular complexity index is 1200. The molecule has 0 radical (unpaired) electrons. The van der Waals surface area contributed by atoms with Crippen molar-refractivity contribution in [2.24, 2.45) is 4.99 Å². The van der Waals surface area contributed by atoms with E-state index in [1.165, 1.54) is 21.3 Å². The maximum absolute atomic E-state index is 13.8. The van der Waals surface area contributed by atoms with Crippen molar-refractivity contribution in [2.45, 2.75) is 6.42 Å². The molecule has 0 atom stereocenters. The van der Waals surface area contributed by atoms with Gasteiger partial charge in [0.15, 0.2) is 17.3 Å². The van der Waals surface area contributed by atoms with Gasteiger partial charge in [-0.3, -0.25) is 9.79 Å². The molecular weight excluding hydrogens is 406 g/mol. The number of aromatic hydroxyl groups is 1. The van der Waals surface area contributed by atoms with E-state index >= 15 is 0 Å². The number of phenols is 1. The van der Waals surface area contributed by atoms with Gasteiger partial charge in [0.25, 0.3) is 0 Å². The number of methoxy groups -OCH3 is 3. The van der Waals surface area contributed by atoms with Crippen molar-refractivity contribution in [3.8, 4) is 34.1 Å². The number of carbonyl (C=O) groups is 1. The maximum atomic E-state index is 13.8. The van der Waals surface area contributed by atoms with Crippen LogP contribution in [0.2, 0.25) is 0 Å². The highest BCUT2D eigenvalue weighted by atomic mass is 16.5. The third-order valence-corrected chi connectivity index (χ3v) is 5.35. The van der Waals surface area contributed by atoms with Gasteiger partial charge in [0, 0.05) is 23.7 Å². The molecule has 0 amide bonds. The molecule has 1 heterocycles. The van der Waals surface area contributed by atoms with Crippen molar-refractivity contribution in [1.82, 2.24) is 0 Å². The van der Waals surface area contributed by atoms with E-state index in [1.54, 1.807) is 42.6 Å². The largest absolute Gasteiger partial charge is 0.508 e. The molecule has 3 aromatic rings. The van der Waals surface area contributed by atoms with Crippen molar-refractivity contribution in [3.63, 3.8) is 0 Å². The Morgan fingerprint density at radius 3 is 2.09 bits per heavy atom. The number of aliphatic imine (C=N–C) groups is 1. The second kappa shape index (κ2) is 8.98. The number of rotatable bonds is 7. The van der Waals surface area contributed by atoms with Crippen molar-refractivity contribution in [2.75, 3.05) is 21.3 Å². The quantitative estimate of drug-likeness (QED) is 0.534.